The summed E-state index contributed by atoms with van der Waals surface area (Å²) >= 11 is 0. The van der Waals surface area contributed by atoms with E-state index in [1.54, 1.807) is 0 Å². The van der Waals surface area contributed by atoms with E-state index in [0.717, 1.165) is 0 Å². The number of aromatic nitrogens is 1. The first-order valence-corrected chi connectivity index (χ1v) is 11.1. The highest BCUT2D eigenvalue weighted by atomic mass is 14.9. The molecule has 2 aromatic heterocycles. The Kier molecular flexibility index (Phi) is 3.54. The minimum atomic E-state index is 1.25. The van der Waals surface area contributed by atoms with E-state index in [-0.39, 0.29) is 0 Å². The Hall–Kier alpha value is -4.10. The van der Waals surface area contributed by atoms with Gasteiger partial charge < -0.3 is 4.40 Å². The molecule has 0 spiro atoms. The van der Waals surface area contributed by atoms with E-state index < -0.39 is 0 Å². The third-order valence-electron chi connectivity index (χ3n) is 6.88. The predicted octanol–water partition coefficient (Wildman–Crippen LogP) is 8.48. The van der Waals surface area contributed by atoms with Crippen LogP contribution in [-0.4, -0.2) is 4.40 Å². The number of para-hydroxylation sites is 2. The van der Waals surface area contributed by atoms with Crippen LogP contribution >= 0.6 is 0 Å². The van der Waals surface area contributed by atoms with Gasteiger partial charge in [0.1, 0.15) is 0 Å². The Bertz CT molecular complexity index is 1770. The summed E-state index contributed by atoms with van der Waals surface area (Å²) in [5.41, 5.74) is 10.3. The molecular formula is C31H21N. The molecule has 0 radical (unpaired) electrons. The number of fused-ring (bicyclic) bond motifs is 6. The van der Waals surface area contributed by atoms with E-state index in [1.807, 2.05) is 0 Å². The van der Waals surface area contributed by atoms with Crippen LogP contribution in [-0.2, 0) is 0 Å². The van der Waals surface area contributed by atoms with Crippen LogP contribution in [0.25, 0.3) is 60.3 Å². The highest BCUT2D eigenvalue weighted by Crippen LogP contribution is 2.40. The van der Waals surface area contributed by atoms with Gasteiger partial charge in [0.05, 0.1) is 16.6 Å². The lowest BCUT2D eigenvalue weighted by molar-refractivity contribution is 1.37. The molecule has 5 aromatic carbocycles. The lowest BCUT2D eigenvalue weighted by Crippen LogP contribution is -1.87. The maximum Gasteiger partial charge on any atom is 0.0620 e. The number of hydrogen-bond acceptors (Lipinski definition) is 0. The summed E-state index contributed by atoms with van der Waals surface area (Å²) in [5.74, 6) is 0. The first-order valence-electron chi connectivity index (χ1n) is 11.1. The van der Waals surface area contributed by atoms with Gasteiger partial charge in [-0.2, -0.15) is 0 Å². The molecule has 32 heavy (non-hydrogen) atoms. The van der Waals surface area contributed by atoms with E-state index in [0.29, 0.717) is 0 Å². The summed E-state index contributed by atoms with van der Waals surface area (Å²) in [4.78, 5) is 0. The van der Waals surface area contributed by atoms with Crippen molar-refractivity contribution in [1.29, 1.82) is 0 Å². The van der Waals surface area contributed by atoms with E-state index >= 15 is 0 Å². The Morgan fingerprint density at radius 3 is 2.03 bits per heavy atom. The quantitative estimate of drug-likeness (QED) is 0.271. The van der Waals surface area contributed by atoms with Gasteiger partial charge in [0, 0.05) is 21.5 Å². The largest absolute Gasteiger partial charge is 0.308 e. The molecule has 7 rings (SSSR count). The van der Waals surface area contributed by atoms with Crippen molar-refractivity contribution in [2.24, 2.45) is 0 Å². The molecule has 0 bridgehead atoms. The Labute approximate surface area is 186 Å². The van der Waals surface area contributed by atoms with Crippen molar-refractivity contribution in [2.75, 3.05) is 0 Å². The Balaban J connectivity index is 1.51. The van der Waals surface area contributed by atoms with E-state index in [4.69, 9.17) is 0 Å². The van der Waals surface area contributed by atoms with Gasteiger partial charge in [0.2, 0.25) is 0 Å². The molecule has 0 amide bonds. The summed E-state index contributed by atoms with van der Waals surface area (Å²) in [6.07, 6.45) is 0. The highest BCUT2D eigenvalue weighted by molar-refractivity contribution is 6.23. The first-order chi connectivity index (χ1) is 15.8. The molecule has 150 valence electrons. The van der Waals surface area contributed by atoms with Gasteiger partial charge in [-0.3, -0.25) is 0 Å². The van der Waals surface area contributed by atoms with Gasteiger partial charge in [-0.1, -0.05) is 84.9 Å². The number of hydrogen-bond donors (Lipinski definition) is 0. The second-order valence-electron chi connectivity index (χ2n) is 8.68. The molecule has 7 aromatic rings. The third-order valence-corrected chi connectivity index (χ3v) is 6.88. The second-order valence-corrected chi connectivity index (χ2v) is 8.68. The molecule has 0 saturated heterocycles. The monoisotopic (exact) mass is 407 g/mol. The average molecular weight is 408 g/mol. The van der Waals surface area contributed by atoms with Gasteiger partial charge in [0.25, 0.3) is 0 Å². The number of benzene rings is 5. The first kappa shape index (κ1) is 17.6. The van der Waals surface area contributed by atoms with Gasteiger partial charge in [-0.15, -0.1) is 0 Å². The predicted molar refractivity (Wildman–Crippen MR) is 137 cm³/mol. The number of nitrogens with zero attached hydrogens (tertiary/aromatic N) is 1. The van der Waals surface area contributed by atoms with Crippen molar-refractivity contribution < 1.29 is 0 Å². The summed E-state index contributed by atoms with van der Waals surface area (Å²) in [6, 6.07) is 39.8. The summed E-state index contributed by atoms with van der Waals surface area (Å²) in [6.45, 7) is 2.20. The van der Waals surface area contributed by atoms with Crippen molar-refractivity contribution in [3.63, 3.8) is 0 Å². The van der Waals surface area contributed by atoms with Crippen molar-refractivity contribution >= 4 is 38.1 Å². The lowest BCUT2D eigenvalue weighted by Gasteiger charge is -2.10. The topological polar surface area (TPSA) is 4.41 Å². The molecule has 0 N–H and O–H groups in total. The zero-order valence-corrected chi connectivity index (χ0v) is 17.8. The second kappa shape index (κ2) is 6.45. The SMILES string of the molecule is Cc1ccc(-c2ccccc2)cc1-c1ccc2c(c1)c1cccc3c4ccccc4n2c31. The van der Waals surface area contributed by atoms with Crippen molar-refractivity contribution in [3.8, 4) is 22.3 Å². The maximum atomic E-state index is 2.44. The molecule has 0 fully saturated rings. The van der Waals surface area contributed by atoms with Crippen LogP contribution in [0.3, 0.4) is 0 Å². The van der Waals surface area contributed by atoms with Gasteiger partial charge in [0.15, 0.2) is 0 Å². The van der Waals surface area contributed by atoms with Crippen LogP contribution in [0, 0.1) is 6.92 Å². The van der Waals surface area contributed by atoms with E-state index in [9.17, 15) is 0 Å². The molecule has 0 unspecified atom stereocenters. The number of rotatable bonds is 2. The van der Waals surface area contributed by atoms with Crippen LogP contribution in [0.1, 0.15) is 5.56 Å². The van der Waals surface area contributed by atoms with Gasteiger partial charge in [-0.05, 0) is 59.0 Å². The molecule has 0 atom stereocenters. The van der Waals surface area contributed by atoms with Crippen LogP contribution in [0.5, 0.6) is 0 Å². The maximum absolute atomic E-state index is 2.44. The van der Waals surface area contributed by atoms with Gasteiger partial charge in [-0.25, -0.2) is 0 Å². The summed E-state index contributed by atoms with van der Waals surface area (Å²) in [5, 5.41) is 5.30. The van der Waals surface area contributed by atoms with E-state index in [1.165, 1.54) is 65.9 Å². The van der Waals surface area contributed by atoms with Crippen LogP contribution in [0.2, 0.25) is 0 Å². The Morgan fingerprint density at radius 1 is 0.469 bits per heavy atom. The van der Waals surface area contributed by atoms with E-state index in [2.05, 4.69) is 121 Å². The molecule has 0 aliphatic carbocycles. The fourth-order valence-electron chi connectivity index (χ4n) is 5.34. The fraction of sp³-hybridized carbons (Fsp3) is 0.0323. The number of aryl methyl sites for hydroxylation is 1. The van der Waals surface area contributed by atoms with Crippen LogP contribution < -0.4 is 0 Å². The van der Waals surface area contributed by atoms with Crippen LogP contribution in [0.4, 0.5) is 0 Å². The normalized spacial score (nSPS) is 11.9. The average Bonchev–Trinajstić information content (AvgIpc) is 3.37. The van der Waals surface area contributed by atoms with Gasteiger partial charge >= 0.3 is 0 Å². The molecule has 0 saturated carbocycles. The molecule has 0 aliphatic rings. The van der Waals surface area contributed by atoms with Crippen molar-refractivity contribution in [1.82, 2.24) is 4.40 Å². The highest BCUT2D eigenvalue weighted by Gasteiger charge is 2.17. The molecule has 1 heteroatoms. The Morgan fingerprint density at radius 2 is 1.16 bits per heavy atom. The van der Waals surface area contributed by atoms with Crippen LogP contribution in [0.15, 0.2) is 109 Å². The summed E-state index contributed by atoms with van der Waals surface area (Å²) < 4.78 is 2.44. The standard InChI is InChI=1S/C31H21N/c1-20-14-15-22(21-8-3-2-4-9-21)18-27(20)23-16-17-30-28(19-23)26-12-7-11-25-24-10-5-6-13-29(24)32(30)31(25)26/h2-19H,1H3. The zero-order valence-electron chi connectivity index (χ0n) is 17.8. The lowest BCUT2D eigenvalue weighted by atomic mass is 9.94. The summed E-state index contributed by atoms with van der Waals surface area (Å²) in [7, 11) is 0. The van der Waals surface area contributed by atoms with Crippen molar-refractivity contribution in [3.05, 3.63) is 115 Å². The minimum Gasteiger partial charge on any atom is -0.308 e. The molecule has 0 aliphatic heterocycles. The smallest absolute Gasteiger partial charge is 0.0620 e. The van der Waals surface area contributed by atoms with Crippen molar-refractivity contribution in [2.45, 2.75) is 6.92 Å². The minimum absolute atomic E-state index is 1.25. The fourth-order valence-corrected chi connectivity index (χ4v) is 5.34. The third kappa shape index (κ3) is 2.34. The molecule has 2 heterocycles. The molecule has 1 nitrogen and oxygen atoms in total. The molecular weight excluding hydrogens is 386 g/mol. The zero-order chi connectivity index (χ0) is 21.2.